The van der Waals surface area contributed by atoms with Gasteiger partial charge in [0, 0.05) is 11.3 Å². The van der Waals surface area contributed by atoms with E-state index in [1.807, 2.05) is 0 Å². The lowest BCUT2D eigenvalue weighted by molar-refractivity contribution is -0.148. The fourth-order valence-corrected chi connectivity index (χ4v) is 2.67. The van der Waals surface area contributed by atoms with E-state index in [0.717, 1.165) is 6.26 Å². The first-order valence-corrected chi connectivity index (χ1v) is 9.73. The van der Waals surface area contributed by atoms with E-state index in [9.17, 15) is 22.4 Å². The van der Waals surface area contributed by atoms with Gasteiger partial charge in [-0.2, -0.15) is 0 Å². The van der Waals surface area contributed by atoms with Crippen LogP contribution in [-0.4, -0.2) is 39.1 Å². The van der Waals surface area contributed by atoms with Crippen LogP contribution < -0.4 is 9.46 Å². The molecule has 0 radical (unpaired) electrons. The second-order valence-electron chi connectivity index (χ2n) is 5.69. The van der Waals surface area contributed by atoms with Crippen LogP contribution >= 0.6 is 0 Å². The van der Waals surface area contributed by atoms with E-state index in [0.29, 0.717) is 11.4 Å². The van der Waals surface area contributed by atoms with Crippen LogP contribution in [0.25, 0.3) is 0 Å². The van der Waals surface area contributed by atoms with E-state index >= 15 is 0 Å². The number of carbonyl (C=O) groups excluding carboxylic acids is 2. The fourth-order valence-electron chi connectivity index (χ4n) is 2.11. The van der Waals surface area contributed by atoms with Crippen molar-refractivity contribution in [3.63, 3.8) is 0 Å². The molecule has 0 heterocycles. The third kappa shape index (κ3) is 6.70. The largest absolute Gasteiger partial charge is 0.482 e. The normalized spacial score (nSPS) is 12.1. The first-order chi connectivity index (χ1) is 12.6. The molecule has 144 valence electrons. The van der Waals surface area contributed by atoms with E-state index in [-0.39, 0.29) is 5.56 Å². The van der Waals surface area contributed by atoms with E-state index < -0.39 is 40.3 Å². The van der Waals surface area contributed by atoms with Gasteiger partial charge in [-0.3, -0.25) is 9.52 Å². The lowest BCUT2D eigenvalue weighted by Gasteiger charge is -2.13. The number of rotatable bonds is 8. The number of hydrogen-bond donors (Lipinski definition) is 1. The maximum atomic E-state index is 12.8. The molecule has 1 atom stereocenters. The molecule has 27 heavy (non-hydrogen) atoms. The first kappa shape index (κ1) is 20.4. The predicted octanol–water partition coefficient (Wildman–Crippen LogP) is 2.39. The summed E-state index contributed by atoms with van der Waals surface area (Å²) >= 11 is 0. The van der Waals surface area contributed by atoms with Crippen molar-refractivity contribution < 1.29 is 31.9 Å². The van der Waals surface area contributed by atoms with Crippen LogP contribution in [0.2, 0.25) is 0 Å². The number of anilines is 1. The minimum absolute atomic E-state index is 0.258. The smallest absolute Gasteiger partial charge is 0.344 e. The number of ether oxygens (including phenoxy) is 2. The third-order valence-electron chi connectivity index (χ3n) is 3.32. The summed E-state index contributed by atoms with van der Waals surface area (Å²) in [4.78, 5) is 24.1. The summed E-state index contributed by atoms with van der Waals surface area (Å²) in [5, 5.41) is 0. The number of nitrogens with one attached hydrogen (secondary N) is 1. The molecule has 2 rings (SSSR count). The summed E-state index contributed by atoms with van der Waals surface area (Å²) in [5.41, 5.74) is 0.570. The maximum Gasteiger partial charge on any atom is 0.344 e. The second-order valence-corrected chi connectivity index (χ2v) is 7.44. The number of ketones is 1. The molecule has 0 spiro atoms. The van der Waals surface area contributed by atoms with Crippen molar-refractivity contribution >= 4 is 27.5 Å². The zero-order chi connectivity index (χ0) is 20.0. The number of hydrogen-bond acceptors (Lipinski definition) is 6. The topological polar surface area (TPSA) is 98.8 Å². The van der Waals surface area contributed by atoms with Gasteiger partial charge in [-0.05, 0) is 55.5 Å². The van der Waals surface area contributed by atoms with E-state index in [1.54, 1.807) is 0 Å². The Morgan fingerprint density at radius 2 is 1.67 bits per heavy atom. The van der Waals surface area contributed by atoms with Gasteiger partial charge in [0.2, 0.25) is 15.8 Å². The van der Waals surface area contributed by atoms with Crippen molar-refractivity contribution in [1.29, 1.82) is 0 Å². The van der Waals surface area contributed by atoms with Crippen molar-refractivity contribution in [3.8, 4) is 5.75 Å². The molecule has 2 aromatic carbocycles. The van der Waals surface area contributed by atoms with Crippen molar-refractivity contribution in [1.82, 2.24) is 0 Å². The van der Waals surface area contributed by atoms with Crippen molar-refractivity contribution in [2.24, 2.45) is 0 Å². The number of carbonyl (C=O) groups is 2. The van der Waals surface area contributed by atoms with Crippen molar-refractivity contribution in [3.05, 3.63) is 59.9 Å². The minimum atomic E-state index is -3.41. The molecule has 0 amide bonds. The Hall–Kier alpha value is -2.94. The van der Waals surface area contributed by atoms with E-state index in [2.05, 4.69) is 4.72 Å². The Morgan fingerprint density at radius 3 is 2.22 bits per heavy atom. The standard InChI is InChI=1S/C18H18FNO6S/c1-12(26-17(21)11-25-16-9-5-14(19)6-10-16)18(22)13-3-7-15(8-4-13)20-27(2,23)24/h3-10,12,20H,11H2,1-2H3/t12-/m0/s1. The molecule has 2 aromatic rings. The molecule has 0 aliphatic heterocycles. The van der Waals surface area contributed by atoms with Crippen LogP contribution in [0.1, 0.15) is 17.3 Å². The molecule has 0 bridgehead atoms. The van der Waals surface area contributed by atoms with Crippen LogP contribution in [0, 0.1) is 5.82 Å². The van der Waals surface area contributed by atoms with Gasteiger partial charge in [0.1, 0.15) is 11.6 Å². The van der Waals surface area contributed by atoms with Gasteiger partial charge in [0.25, 0.3) is 0 Å². The molecule has 0 fully saturated rings. The zero-order valence-corrected chi connectivity index (χ0v) is 15.5. The molecule has 0 aliphatic carbocycles. The number of halogens is 1. The highest BCUT2D eigenvalue weighted by molar-refractivity contribution is 7.92. The summed E-state index contributed by atoms with van der Waals surface area (Å²) < 4.78 is 47.6. The van der Waals surface area contributed by atoms with E-state index in [1.165, 1.54) is 55.5 Å². The molecular formula is C18H18FNO6S. The number of sulfonamides is 1. The minimum Gasteiger partial charge on any atom is -0.482 e. The summed E-state index contributed by atoms with van der Waals surface area (Å²) in [5.74, 6) is -1.34. The Balaban J connectivity index is 1.88. The maximum absolute atomic E-state index is 12.8. The molecule has 0 unspecified atom stereocenters. The van der Waals surface area contributed by atoms with Gasteiger partial charge in [0.05, 0.1) is 6.26 Å². The van der Waals surface area contributed by atoms with Crippen LogP contribution in [-0.2, 0) is 19.6 Å². The van der Waals surface area contributed by atoms with Crippen LogP contribution in [0.3, 0.4) is 0 Å². The van der Waals surface area contributed by atoms with Gasteiger partial charge < -0.3 is 9.47 Å². The average molecular weight is 395 g/mol. The fraction of sp³-hybridized carbons (Fsp3) is 0.222. The SMILES string of the molecule is C[C@H](OC(=O)COc1ccc(F)cc1)C(=O)c1ccc(NS(C)(=O)=O)cc1. The lowest BCUT2D eigenvalue weighted by Crippen LogP contribution is -2.27. The number of esters is 1. The van der Waals surface area contributed by atoms with Gasteiger partial charge in [0.15, 0.2) is 12.7 Å². The van der Waals surface area contributed by atoms with Crippen LogP contribution in [0.4, 0.5) is 10.1 Å². The first-order valence-electron chi connectivity index (χ1n) is 7.84. The lowest BCUT2D eigenvalue weighted by atomic mass is 10.1. The molecule has 9 heteroatoms. The summed E-state index contributed by atoms with van der Waals surface area (Å²) in [6, 6.07) is 10.8. The Morgan fingerprint density at radius 1 is 1.07 bits per heavy atom. The average Bonchev–Trinajstić information content (AvgIpc) is 2.60. The molecule has 1 N–H and O–H groups in total. The van der Waals surface area contributed by atoms with Crippen LogP contribution in [0.15, 0.2) is 48.5 Å². The Labute approximate surface area is 156 Å². The highest BCUT2D eigenvalue weighted by Crippen LogP contribution is 2.14. The molecule has 0 saturated heterocycles. The van der Waals surface area contributed by atoms with Crippen molar-refractivity contribution in [2.45, 2.75) is 13.0 Å². The Kier molecular flexibility index (Phi) is 6.51. The summed E-state index contributed by atoms with van der Waals surface area (Å²) in [6.07, 6.45) is -0.0373. The van der Waals surface area contributed by atoms with E-state index in [4.69, 9.17) is 9.47 Å². The highest BCUT2D eigenvalue weighted by Gasteiger charge is 2.20. The van der Waals surface area contributed by atoms with Crippen molar-refractivity contribution in [2.75, 3.05) is 17.6 Å². The van der Waals surface area contributed by atoms with Gasteiger partial charge in [-0.25, -0.2) is 17.6 Å². The molecule has 0 aromatic heterocycles. The number of benzene rings is 2. The highest BCUT2D eigenvalue weighted by atomic mass is 32.2. The number of Topliss-reactive ketones (excluding diaryl/α,β-unsaturated/α-hetero) is 1. The molecule has 0 aliphatic rings. The third-order valence-corrected chi connectivity index (χ3v) is 3.93. The van der Waals surface area contributed by atoms with Gasteiger partial charge in [-0.15, -0.1) is 0 Å². The van der Waals surface area contributed by atoms with Gasteiger partial charge in [-0.1, -0.05) is 0 Å². The Bertz CT molecular complexity index is 910. The zero-order valence-electron chi connectivity index (χ0n) is 14.6. The monoisotopic (exact) mass is 395 g/mol. The molecule has 7 nitrogen and oxygen atoms in total. The predicted molar refractivity (Wildman–Crippen MR) is 96.7 cm³/mol. The van der Waals surface area contributed by atoms with Gasteiger partial charge >= 0.3 is 5.97 Å². The summed E-state index contributed by atoms with van der Waals surface area (Å²) in [6.45, 7) is 0.987. The molecule has 0 saturated carbocycles. The van der Waals surface area contributed by atoms with Crippen LogP contribution in [0.5, 0.6) is 5.75 Å². The molecular weight excluding hydrogens is 377 g/mol. The second kappa shape index (κ2) is 8.63. The summed E-state index contributed by atoms with van der Waals surface area (Å²) in [7, 11) is -3.41. The quantitative estimate of drug-likeness (QED) is 0.544.